The highest BCUT2D eigenvalue weighted by molar-refractivity contribution is 6.07. The second-order valence-electron chi connectivity index (χ2n) is 9.82. The highest BCUT2D eigenvalue weighted by atomic mass is 19.1. The quantitative estimate of drug-likeness (QED) is 0.473. The van der Waals surface area contributed by atoms with Crippen LogP contribution in [0, 0.1) is 6.92 Å². The van der Waals surface area contributed by atoms with Crippen molar-refractivity contribution in [2.75, 3.05) is 51.9 Å². The van der Waals surface area contributed by atoms with Gasteiger partial charge in [0, 0.05) is 44.1 Å². The van der Waals surface area contributed by atoms with E-state index in [1.54, 1.807) is 26.2 Å². The molecule has 1 saturated heterocycles. The van der Waals surface area contributed by atoms with Crippen LogP contribution in [0.4, 0.5) is 10.1 Å². The van der Waals surface area contributed by atoms with Crippen LogP contribution in [-0.4, -0.2) is 72.3 Å². The van der Waals surface area contributed by atoms with Crippen LogP contribution in [0.5, 0.6) is 0 Å². The predicted octanol–water partition coefficient (Wildman–Crippen LogP) is 5.18. The summed E-state index contributed by atoms with van der Waals surface area (Å²) in [5.74, 6) is -0.350. The number of allylic oxidation sites excluding steroid dienone is 8. The lowest BCUT2D eigenvalue weighted by Crippen LogP contribution is -2.38. The zero-order valence-corrected chi connectivity index (χ0v) is 23.7. The van der Waals surface area contributed by atoms with Crippen molar-refractivity contribution in [1.29, 1.82) is 0 Å². The fourth-order valence-corrected chi connectivity index (χ4v) is 4.40. The first kappa shape index (κ1) is 30.1. The minimum atomic E-state index is -0.194. The number of hydrogen-bond donors (Lipinski definition) is 1. The predicted molar refractivity (Wildman–Crippen MR) is 157 cm³/mol. The summed E-state index contributed by atoms with van der Waals surface area (Å²) in [5, 5.41) is 11.1. The number of nitrogens with one attached hydrogen (secondary N) is 1. The monoisotopic (exact) mass is 563 g/mol. The van der Waals surface area contributed by atoms with Gasteiger partial charge in [-0.3, -0.25) is 14.4 Å². The lowest BCUT2D eigenvalue weighted by molar-refractivity contribution is -0.112. The van der Waals surface area contributed by atoms with Crippen LogP contribution in [0.2, 0.25) is 0 Å². The van der Waals surface area contributed by atoms with E-state index in [-0.39, 0.29) is 11.7 Å². The molecule has 41 heavy (non-hydrogen) atoms. The molecule has 2 aromatic rings. The smallest absolute Gasteiger partial charge is 0.255 e. The van der Waals surface area contributed by atoms with Crippen LogP contribution in [-0.2, 0) is 20.8 Å². The third-order valence-electron chi connectivity index (χ3n) is 6.74. The van der Waals surface area contributed by atoms with Gasteiger partial charge in [0.1, 0.15) is 23.5 Å². The summed E-state index contributed by atoms with van der Waals surface area (Å²) in [6.07, 6.45) is 22.4. The Bertz CT molecular complexity index is 1340. The van der Waals surface area contributed by atoms with Gasteiger partial charge in [0.15, 0.2) is 0 Å². The average molecular weight is 564 g/mol. The Kier molecular flexibility index (Phi) is 11.6. The largest absolute Gasteiger partial charge is 0.380 e. The molecule has 3 aliphatic rings. The van der Waals surface area contributed by atoms with E-state index < -0.39 is 0 Å². The maximum atomic E-state index is 12.7. The van der Waals surface area contributed by atoms with Gasteiger partial charge in [0.25, 0.3) is 5.91 Å². The van der Waals surface area contributed by atoms with Crippen LogP contribution in [0.15, 0.2) is 88.8 Å². The number of carbonyl (C=O) groups excluding carboxylic acids is 1. The average Bonchev–Trinajstić information content (AvgIpc) is 3.53. The molecule has 0 saturated carbocycles. The minimum absolute atomic E-state index is 0.156. The van der Waals surface area contributed by atoms with Gasteiger partial charge in [-0.15, -0.1) is 0 Å². The van der Waals surface area contributed by atoms with Crippen molar-refractivity contribution in [3.8, 4) is 0 Å². The fraction of sp³-hybridized carbons (Fsp3) is 0.387. The number of hydrogen-bond acceptors (Lipinski definition) is 7. The van der Waals surface area contributed by atoms with E-state index in [1.807, 2.05) is 35.3 Å². The Morgan fingerprint density at radius 1 is 1.12 bits per heavy atom. The van der Waals surface area contributed by atoms with Gasteiger partial charge < -0.3 is 19.3 Å². The summed E-state index contributed by atoms with van der Waals surface area (Å²) in [6.45, 7) is 7.66. The maximum Gasteiger partial charge on any atom is 0.255 e. The Hall–Kier alpha value is -3.86. The molecular weight excluding hydrogens is 525 g/mol. The number of amides is 1. The van der Waals surface area contributed by atoms with Crippen LogP contribution in [0.3, 0.4) is 0 Å². The summed E-state index contributed by atoms with van der Waals surface area (Å²) in [5.41, 5.74) is 4.84. The molecule has 3 heterocycles. The van der Waals surface area contributed by atoms with Crippen molar-refractivity contribution in [1.82, 2.24) is 19.8 Å². The molecule has 10 heteroatoms. The highest BCUT2D eigenvalue weighted by Crippen LogP contribution is 2.23. The van der Waals surface area contributed by atoms with Crippen molar-refractivity contribution >= 4 is 17.2 Å². The van der Waals surface area contributed by atoms with Crippen molar-refractivity contribution in [3.63, 3.8) is 0 Å². The molecule has 0 aromatic carbocycles. The maximum absolute atomic E-state index is 12.7. The summed E-state index contributed by atoms with van der Waals surface area (Å²) in [4.78, 5) is 15.0. The summed E-state index contributed by atoms with van der Waals surface area (Å²) in [6, 6.07) is 0. The van der Waals surface area contributed by atoms with Gasteiger partial charge in [0.2, 0.25) is 0 Å². The number of methoxy groups -OCH3 is 1. The molecule has 2 aromatic heterocycles. The summed E-state index contributed by atoms with van der Waals surface area (Å²) >= 11 is 0. The number of anilines is 1. The van der Waals surface area contributed by atoms with Crippen LogP contribution >= 0.6 is 0 Å². The topological polar surface area (TPSA) is 94.7 Å². The number of aryl methyl sites for hydroxylation is 1. The molecule has 5 rings (SSSR count). The van der Waals surface area contributed by atoms with Gasteiger partial charge in [0.05, 0.1) is 32.6 Å². The minimum Gasteiger partial charge on any atom is -0.380 e. The summed E-state index contributed by atoms with van der Waals surface area (Å²) < 4.78 is 29.9. The lowest BCUT2D eigenvalue weighted by Gasteiger charge is -2.26. The second kappa shape index (κ2) is 15.8. The highest BCUT2D eigenvalue weighted by Gasteiger charge is 2.15. The van der Waals surface area contributed by atoms with E-state index in [2.05, 4.69) is 32.6 Å². The van der Waals surface area contributed by atoms with E-state index in [0.29, 0.717) is 23.6 Å². The van der Waals surface area contributed by atoms with Crippen LogP contribution in [0.25, 0.3) is 5.57 Å². The molecule has 2 aliphatic carbocycles. The molecule has 9 nitrogen and oxygen atoms in total. The molecule has 218 valence electrons. The van der Waals surface area contributed by atoms with E-state index in [0.717, 1.165) is 75.4 Å². The number of morpholine rings is 1. The Morgan fingerprint density at radius 3 is 2.73 bits per heavy atom. The first-order valence-corrected chi connectivity index (χ1v) is 13.9. The van der Waals surface area contributed by atoms with Gasteiger partial charge >= 0.3 is 0 Å². The Balaban J connectivity index is 0.000000271. The number of rotatable bonds is 8. The van der Waals surface area contributed by atoms with Crippen LogP contribution < -0.4 is 5.32 Å². The van der Waals surface area contributed by atoms with Gasteiger partial charge in [-0.25, -0.2) is 4.39 Å². The zero-order valence-electron chi connectivity index (χ0n) is 23.7. The second-order valence-corrected chi connectivity index (χ2v) is 9.82. The zero-order chi connectivity index (χ0) is 28.9. The molecule has 0 radical (unpaired) electrons. The van der Waals surface area contributed by atoms with Crippen LogP contribution in [0.1, 0.15) is 30.5 Å². The van der Waals surface area contributed by atoms with E-state index in [4.69, 9.17) is 14.0 Å². The third-order valence-corrected chi connectivity index (χ3v) is 6.74. The molecule has 1 aliphatic heterocycles. The Morgan fingerprint density at radius 2 is 1.95 bits per heavy atom. The summed E-state index contributed by atoms with van der Waals surface area (Å²) in [7, 11) is 1.64. The third kappa shape index (κ3) is 9.63. The van der Waals surface area contributed by atoms with E-state index >= 15 is 0 Å². The molecule has 0 spiro atoms. The van der Waals surface area contributed by atoms with E-state index in [1.165, 1.54) is 12.3 Å². The SMILES string of the molecule is COC/C1=C/CCC=C(F)C=C1.Cc1nocc1NC(=O)C1=CC(c2cnn(CCN3CCOCC3)c2)=CCC=C1. The number of halogens is 1. The van der Waals surface area contributed by atoms with Crippen molar-refractivity contribution < 1.29 is 23.2 Å². The number of carbonyl (C=O) groups is 1. The number of ether oxygens (including phenoxy) is 2. The molecule has 0 bridgehead atoms. The lowest BCUT2D eigenvalue weighted by atomic mass is 10.1. The number of aromatic nitrogens is 3. The first-order chi connectivity index (χ1) is 20.0. The van der Waals surface area contributed by atoms with Gasteiger partial charge in [-0.2, -0.15) is 5.10 Å². The molecule has 1 fully saturated rings. The van der Waals surface area contributed by atoms with Gasteiger partial charge in [-0.1, -0.05) is 35.5 Å². The van der Waals surface area contributed by atoms with E-state index in [9.17, 15) is 9.18 Å². The first-order valence-electron chi connectivity index (χ1n) is 13.9. The van der Waals surface area contributed by atoms with Crippen molar-refractivity contribution in [3.05, 3.63) is 95.5 Å². The number of nitrogens with zero attached hydrogens (tertiary/aromatic N) is 4. The normalized spacial score (nSPS) is 18.9. The fourth-order valence-electron chi connectivity index (χ4n) is 4.40. The van der Waals surface area contributed by atoms with Gasteiger partial charge in [-0.05, 0) is 55.6 Å². The molecule has 0 atom stereocenters. The standard InChI is InChI=1S/C21H25N5O3.C10H13FO/c1-16-20(15-29-24-16)23-21(27)18-5-3-2-4-17(12-18)19-13-22-26(14-19)7-6-25-8-10-28-11-9-25;1-12-8-9-4-2-3-5-10(11)7-6-9/h3-5,12-15H,2,6-11H2,1H3,(H,23,27);4-7H,2-3,8H2,1H3/b;7-6?,9-4+,10-5?. The van der Waals surface area contributed by atoms with Crippen molar-refractivity contribution in [2.24, 2.45) is 0 Å². The molecular formula is C31H38FN5O4. The van der Waals surface area contributed by atoms with Crippen molar-refractivity contribution in [2.45, 2.75) is 32.7 Å². The molecule has 1 amide bonds. The molecule has 0 unspecified atom stereocenters. The molecule has 1 N–H and O–H groups in total. The Labute approximate surface area is 240 Å².